The van der Waals surface area contributed by atoms with Gasteiger partial charge < -0.3 is 11.1 Å². The average Bonchev–Trinajstić information content (AvgIpc) is 2.31. The second-order valence-electron chi connectivity index (χ2n) is 2.15. The van der Waals surface area contributed by atoms with Crippen LogP contribution < -0.4 is 11.1 Å². The van der Waals surface area contributed by atoms with Crippen LogP contribution in [0.5, 0.6) is 0 Å². The largest absolute Gasteiger partial charge is 0.370 e. The highest BCUT2D eigenvalue weighted by molar-refractivity contribution is 5.74. The molecule has 0 aliphatic heterocycles. The zero-order valence-corrected chi connectivity index (χ0v) is 6.20. The van der Waals surface area contributed by atoms with Gasteiger partial charge in [-0.25, -0.2) is 0 Å². The molecule has 6 heteroatoms. The fraction of sp³-hybridized carbons (Fsp3) is 0.400. The highest BCUT2D eigenvalue weighted by Crippen LogP contribution is 1.88. The molecule has 1 aromatic heterocycles. The molecule has 0 spiro atoms. The van der Waals surface area contributed by atoms with Crippen LogP contribution in [0.3, 0.4) is 0 Å². The molecule has 60 valence electrons. The number of nitrogens with two attached hydrogens (primary N) is 1. The van der Waals surface area contributed by atoms with E-state index in [1.54, 1.807) is 17.9 Å². The molecule has 1 heterocycles. The minimum Gasteiger partial charge on any atom is -0.370 e. The lowest BCUT2D eigenvalue weighted by atomic mass is 10.5. The van der Waals surface area contributed by atoms with Gasteiger partial charge in [0.2, 0.25) is 0 Å². The van der Waals surface area contributed by atoms with Crippen LogP contribution in [0.4, 0.5) is 0 Å². The second-order valence-corrected chi connectivity index (χ2v) is 2.15. The quantitative estimate of drug-likeness (QED) is 0.368. The van der Waals surface area contributed by atoms with Crippen molar-refractivity contribution in [3.63, 3.8) is 0 Å². The molecule has 1 rings (SSSR count). The van der Waals surface area contributed by atoms with Crippen molar-refractivity contribution >= 4 is 5.96 Å². The second kappa shape index (κ2) is 3.00. The van der Waals surface area contributed by atoms with Crippen LogP contribution in [0.25, 0.3) is 0 Å². The van der Waals surface area contributed by atoms with E-state index in [0.717, 1.165) is 5.69 Å². The van der Waals surface area contributed by atoms with Gasteiger partial charge >= 0.3 is 0 Å². The molecule has 0 aliphatic carbocycles. The van der Waals surface area contributed by atoms with E-state index in [9.17, 15) is 0 Å². The normalized spacial score (nSPS) is 9.55. The zero-order chi connectivity index (χ0) is 8.27. The minimum atomic E-state index is -0.0596. The van der Waals surface area contributed by atoms with Crippen molar-refractivity contribution in [2.24, 2.45) is 12.8 Å². The first kappa shape index (κ1) is 7.52. The lowest BCUT2D eigenvalue weighted by Gasteiger charge is -1.97. The predicted molar refractivity (Wildman–Crippen MR) is 39.8 cm³/mol. The van der Waals surface area contributed by atoms with Crippen molar-refractivity contribution in [3.8, 4) is 0 Å². The molecule has 11 heavy (non-hydrogen) atoms. The summed E-state index contributed by atoms with van der Waals surface area (Å²) in [6.45, 7) is 0.448. The summed E-state index contributed by atoms with van der Waals surface area (Å²) in [5.74, 6) is -0.0596. The maximum atomic E-state index is 6.86. The van der Waals surface area contributed by atoms with Gasteiger partial charge in [-0.1, -0.05) is 5.21 Å². The van der Waals surface area contributed by atoms with Crippen LogP contribution in [-0.2, 0) is 13.6 Å². The molecule has 4 N–H and O–H groups in total. The van der Waals surface area contributed by atoms with Gasteiger partial charge in [0.1, 0.15) is 5.69 Å². The Hall–Kier alpha value is -1.59. The molecule has 1 aromatic rings. The van der Waals surface area contributed by atoms with Crippen molar-refractivity contribution in [1.82, 2.24) is 20.3 Å². The Morgan fingerprint density at radius 3 is 3.09 bits per heavy atom. The molecule has 0 saturated heterocycles. The Balaban J connectivity index is 2.45. The molecular formula is C5H10N6. The zero-order valence-electron chi connectivity index (χ0n) is 6.20. The number of hydrogen-bond acceptors (Lipinski definition) is 3. The van der Waals surface area contributed by atoms with E-state index in [2.05, 4.69) is 15.6 Å². The van der Waals surface area contributed by atoms with Gasteiger partial charge in [0.25, 0.3) is 0 Å². The van der Waals surface area contributed by atoms with Gasteiger partial charge in [-0.2, -0.15) is 0 Å². The highest BCUT2D eigenvalue weighted by atomic mass is 15.4. The summed E-state index contributed by atoms with van der Waals surface area (Å²) in [4.78, 5) is 0. The Labute approximate surface area is 63.9 Å². The lowest BCUT2D eigenvalue weighted by Crippen LogP contribution is -2.29. The summed E-state index contributed by atoms with van der Waals surface area (Å²) in [7, 11) is 1.78. The SMILES string of the molecule is Cn1cc(CNC(=N)N)nn1. The van der Waals surface area contributed by atoms with Crippen molar-refractivity contribution in [3.05, 3.63) is 11.9 Å². The third-order valence-corrected chi connectivity index (χ3v) is 1.11. The Morgan fingerprint density at radius 2 is 2.64 bits per heavy atom. The van der Waals surface area contributed by atoms with Gasteiger partial charge in [-0.15, -0.1) is 5.10 Å². The lowest BCUT2D eigenvalue weighted by molar-refractivity contribution is 0.712. The van der Waals surface area contributed by atoms with Crippen LogP contribution in [-0.4, -0.2) is 21.0 Å². The maximum absolute atomic E-state index is 6.86. The Morgan fingerprint density at radius 1 is 1.91 bits per heavy atom. The van der Waals surface area contributed by atoms with Crippen LogP contribution in [0, 0.1) is 5.41 Å². The molecule has 0 saturated carbocycles. The summed E-state index contributed by atoms with van der Waals surface area (Å²) in [5.41, 5.74) is 5.83. The fourth-order valence-corrected chi connectivity index (χ4v) is 0.662. The molecule has 0 unspecified atom stereocenters. The molecule has 0 aliphatic rings. The topological polar surface area (TPSA) is 92.6 Å². The number of guanidine groups is 1. The van der Waals surface area contributed by atoms with Gasteiger partial charge in [0.15, 0.2) is 5.96 Å². The Bertz CT molecular complexity index is 251. The van der Waals surface area contributed by atoms with Crippen molar-refractivity contribution in [2.75, 3.05) is 0 Å². The van der Waals surface area contributed by atoms with Crippen LogP contribution in [0.15, 0.2) is 6.20 Å². The summed E-state index contributed by atoms with van der Waals surface area (Å²) in [6, 6.07) is 0. The van der Waals surface area contributed by atoms with Crippen molar-refractivity contribution < 1.29 is 0 Å². The number of rotatable bonds is 2. The summed E-state index contributed by atoms with van der Waals surface area (Å²) in [5, 5.41) is 17.0. The van der Waals surface area contributed by atoms with Gasteiger partial charge in [-0.05, 0) is 0 Å². The number of aromatic nitrogens is 3. The number of nitrogens with one attached hydrogen (secondary N) is 2. The van der Waals surface area contributed by atoms with E-state index < -0.39 is 0 Å². The van der Waals surface area contributed by atoms with Crippen molar-refractivity contribution in [1.29, 1.82) is 5.41 Å². The first-order valence-corrected chi connectivity index (χ1v) is 3.11. The summed E-state index contributed by atoms with van der Waals surface area (Å²) >= 11 is 0. The third-order valence-electron chi connectivity index (χ3n) is 1.11. The molecule has 0 aromatic carbocycles. The summed E-state index contributed by atoms with van der Waals surface area (Å²) in [6.07, 6.45) is 1.76. The molecule has 0 atom stereocenters. The standard InChI is InChI=1S/C5H10N6/c1-11-3-4(9-10-11)2-8-5(6)7/h3H,2H2,1H3,(H4,6,7,8). The van der Waals surface area contributed by atoms with E-state index in [-0.39, 0.29) is 5.96 Å². The van der Waals surface area contributed by atoms with Gasteiger partial charge in [0.05, 0.1) is 6.54 Å². The smallest absolute Gasteiger partial charge is 0.186 e. The van der Waals surface area contributed by atoms with E-state index in [0.29, 0.717) is 6.54 Å². The summed E-state index contributed by atoms with van der Waals surface area (Å²) < 4.78 is 1.59. The molecule has 0 amide bonds. The van der Waals surface area contributed by atoms with Crippen molar-refractivity contribution in [2.45, 2.75) is 6.54 Å². The van der Waals surface area contributed by atoms with E-state index in [1.165, 1.54) is 0 Å². The van der Waals surface area contributed by atoms with Crippen LogP contribution >= 0.6 is 0 Å². The molecular weight excluding hydrogens is 144 g/mol. The Kier molecular flexibility index (Phi) is 2.05. The molecule has 0 fully saturated rings. The average molecular weight is 154 g/mol. The first-order chi connectivity index (χ1) is 5.18. The number of aryl methyl sites for hydroxylation is 1. The number of nitrogens with zero attached hydrogens (tertiary/aromatic N) is 3. The van der Waals surface area contributed by atoms with Gasteiger partial charge in [0, 0.05) is 13.2 Å². The first-order valence-electron chi connectivity index (χ1n) is 3.11. The maximum Gasteiger partial charge on any atom is 0.186 e. The van der Waals surface area contributed by atoms with E-state index in [1.807, 2.05) is 0 Å². The molecule has 0 radical (unpaired) electrons. The molecule has 6 nitrogen and oxygen atoms in total. The number of hydrogen-bond donors (Lipinski definition) is 3. The van der Waals surface area contributed by atoms with Crippen LogP contribution in [0.2, 0.25) is 0 Å². The monoisotopic (exact) mass is 154 g/mol. The van der Waals surface area contributed by atoms with Crippen LogP contribution in [0.1, 0.15) is 5.69 Å². The van der Waals surface area contributed by atoms with E-state index >= 15 is 0 Å². The third kappa shape index (κ3) is 2.24. The van der Waals surface area contributed by atoms with Gasteiger partial charge in [-0.3, -0.25) is 10.1 Å². The van der Waals surface area contributed by atoms with E-state index in [4.69, 9.17) is 11.1 Å². The fourth-order valence-electron chi connectivity index (χ4n) is 0.662. The highest BCUT2D eigenvalue weighted by Gasteiger charge is 1.96. The predicted octanol–water partition coefficient (Wildman–Crippen LogP) is -1.20. The minimum absolute atomic E-state index is 0.0596. The molecule has 0 bridgehead atoms.